The Balaban J connectivity index is 1.83. The number of pyridine rings is 1. The van der Waals surface area contributed by atoms with Crippen molar-refractivity contribution in [1.29, 1.82) is 0 Å². The van der Waals surface area contributed by atoms with Gasteiger partial charge in [0.05, 0.1) is 10.6 Å². The molecular weight excluding hydrogens is 204 g/mol. The molecule has 3 heteroatoms. The predicted molar refractivity (Wildman–Crippen MR) is 62.8 cm³/mol. The molecule has 1 aliphatic rings. The lowest BCUT2D eigenvalue weighted by Crippen LogP contribution is -1.92. The highest BCUT2D eigenvalue weighted by Gasteiger charge is 2.17. The van der Waals surface area contributed by atoms with Gasteiger partial charge in [0.15, 0.2) is 0 Å². The monoisotopic (exact) mass is 216 g/mol. The Morgan fingerprint density at radius 1 is 1.20 bits per heavy atom. The first-order valence-corrected chi connectivity index (χ1v) is 5.96. The largest absolute Gasteiger partial charge is 0.296 e. The van der Waals surface area contributed by atoms with Crippen LogP contribution in [0.1, 0.15) is 4.88 Å². The van der Waals surface area contributed by atoms with Crippen LogP contribution in [-0.2, 0) is 6.54 Å². The van der Waals surface area contributed by atoms with Crippen molar-refractivity contribution in [2.75, 3.05) is 13.1 Å². The molecule has 0 N–H and O–H groups in total. The van der Waals surface area contributed by atoms with E-state index in [4.69, 9.17) is 0 Å². The van der Waals surface area contributed by atoms with Crippen molar-refractivity contribution in [1.82, 2.24) is 9.88 Å². The lowest BCUT2D eigenvalue weighted by atomic mass is 10.3. The second-order valence-electron chi connectivity index (χ2n) is 3.76. The van der Waals surface area contributed by atoms with Crippen LogP contribution < -0.4 is 0 Å². The van der Waals surface area contributed by atoms with Crippen molar-refractivity contribution in [3.8, 4) is 10.6 Å². The fourth-order valence-electron chi connectivity index (χ4n) is 1.56. The van der Waals surface area contributed by atoms with Gasteiger partial charge < -0.3 is 0 Å². The Labute approximate surface area is 93.2 Å². The molecule has 0 bridgehead atoms. The molecule has 0 atom stereocenters. The molecule has 76 valence electrons. The van der Waals surface area contributed by atoms with Gasteiger partial charge in [0.1, 0.15) is 0 Å². The van der Waals surface area contributed by atoms with Gasteiger partial charge in [0.2, 0.25) is 0 Å². The number of hydrogen-bond donors (Lipinski definition) is 0. The molecule has 0 aromatic carbocycles. The molecule has 1 aliphatic heterocycles. The molecule has 0 saturated carbocycles. The van der Waals surface area contributed by atoms with Crippen LogP contribution in [0, 0.1) is 0 Å². The van der Waals surface area contributed by atoms with Gasteiger partial charge in [-0.2, -0.15) is 0 Å². The molecule has 0 spiro atoms. The third kappa shape index (κ3) is 2.08. The summed E-state index contributed by atoms with van der Waals surface area (Å²) in [6.07, 6.45) is 1.85. The summed E-state index contributed by atoms with van der Waals surface area (Å²) in [6.45, 7) is 3.63. The van der Waals surface area contributed by atoms with E-state index in [0.29, 0.717) is 0 Å². The molecule has 0 radical (unpaired) electrons. The number of hydrogen-bond acceptors (Lipinski definition) is 3. The first-order chi connectivity index (χ1) is 7.42. The van der Waals surface area contributed by atoms with Gasteiger partial charge in [-0.15, -0.1) is 11.3 Å². The summed E-state index contributed by atoms with van der Waals surface area (Å²) < 4.78 is 0. The standard InChI is InChI=1S/C12H12N2S/c1-2-6-13-11(3-1)12-5-4-10(15-12)9-14-7-8-14/h1-6H,7-9H2. The second-order valence-corrected chi connectivity index (χ2v) is 4.93. The van der Waals surface area contributed by atoms with E-state index >= 15 is 0 Å². The van der Waals surface area contributed by atoms with E-state index in [1.54, 1.807) is 0 Å². The van der Waals surface area contributed by atoms with Crippen LogP contribution in [0.5, 0.6) is 0 Å². The van der Waals surface area contributed by atoms with Crippen LogP contribution in [0.2, 0.25) is 0 Å². The van der Waals surface area contributed by atoms with Gasteiger partial charge in [-0.05, 0) is 24.3 Å². The smallest absolute Gasteiger partial charge is 0.0801 e. The molecule has 0 amide bonds. The normalized spacial score (nSPS) is 15.5. The molecule has 0 aliphatic carbocycles. The van der Waals surface area contributed by atoms with Gasteiger partial charge in [0, 0.05) is 30.7 Å². The van der Waals surface area contributed by atoms with Gasteiger partial charge in [-0.1, -0.05) is 6.07 Å². The van der Waals surface area contributed by atoms with E-state index < -0.39 is 0 Å². The summed E-state index contributed by atoms with van der Waals surface area (Å²) >= 11 is 1.85. The highest BCUT2D eigenvalue weighted by atomic mass is 32.1. The molecule has 2 aromatic heterocycles. The van der Waals surface area contributed by atoms with E-state index in [1.165, 1.54) is 22.8 Å². The maximum Gasteiger partial charge on any atom is 0.0801 e. The number of aromatic nitrogens is 1. The minimum Gasteiger partial charge on any atom is -0.296 e. The average Bonchev–Trinajstić information content (AvgIpc) is 2.96. The minimum absolute atomic E-state index is 1.08. The van der Waals surface area contributed by atoms with Crippen LogP contribution in [0.4, 0.5) is 0 Å². The number of rotatable bonds is 3. The summed E-state index contributed by atoms with van der Waals surface area (Å²) in [4.78, 5) is 9.49. The molecule has 0 unspecified atom stereocenters. The van der Waals surface area contributed by atoms with Crippen molar-refractivity contribution in [3.63, 3.8) is 0 Å². The van der Waals surface area contributed by atoms with Gasteiger partial charge >= 0.3 is 0 Å². The molecular formula is C12H12N2S. The quantitative estimate of drug-likeness (QED) is 0.733. The Hall–Kier alpha value is -1.19. The molecule has 15 heavy (non-hydrogen) atoms. The summed E-state index contributed by atoms with van der Waals surface area (Å²) in [7, 11) is 0. The SMILES string of the molecule is c1ccc(-c2ccc(CN3CC3)s2)nc1. The zero-order chi connectivity index (χ0) is 10.1. The van der Waals surface area contributed by atoms with E-state index in [1.807, 2.05) is 29.7 Å². The second kappa shape index (κ2) is 3.76. The van der Waals surface area contributed by atoms with Gasteiger partial charge in [0.25, 0.3) is 0 Å². The summed E-state index contributed by atoms with van der Waals surface area (Å²) in [5, 5.41) is 0. The van der Waals surface area contributed by atoms with Crippen molar-refractivity contribution >= 4 is 11.3 Å². The van der Waals surface area contributed by atoms with E-state index in [2.05, 4.69) is 28.1 Å². The van der Waals surface area contributed by atoms with Crippen molar-refractivity contribution in [2.24, 2.45) is 0 Å². The molecule has 3 rings (SSSR count). The fourth-order valence-corrected chi connectivity index (χ4v) is 2.59. The molecule has 3 heterocycles. The molecule has 1 saturated heterocycles. The summed E-state index contributed by atoms with van der Waals surface area (Å²) in [5.41, 5.74) is 1.08. The van der Waals surface area contributed by atoms with Crippen LogP contribution >= 0.6 is 11.3 Å². The maximum absolute atomic E-state index is 4.35. The Morgan fingerprint density at radius 3 is 2.87 bits per heavy atom. The Morgan fingerprint density at radius 2 is 2.13 bits per heavy atom. The Bertz CT molecular complexity index is 446. The maximum atomic E-state index is 4.35. The van der Waals surface area contributed by atoms with E-state index in [9.17, 15) is 0 Å². The van der Waals surface area contributed by atoms with Crippen LogP contribution in [0.3, 0.4) is 0 Å². The van der Waals surface area contributed by atoms with Gasteiger partial charge in [-0.3, -0.25) is 9.88 Å². The van der Waals surface area contributed by atoms with Crippen molar-refractivity contribution in [3.05, 3.63) is 41.4 Å². The highest BCUT2D eigenvalue weighted by molar-refractivity contribution is 7.15. The number of nitrogens with zero attached hydrogens (tertiary/aromatic N) is 2. The number of thiophene rings is 1. The lowest BCUT2D eigenvalue weighted by Gasteiger charge is -1.96. The Kier molecular flexibility index (Phi) is 2.27. The van der Waals surface area contributed by atoms with Crippen LogP contribution in [0.25, 0.3) is 10.6 Å². The van der Waals surface area contributed by atoms with Gasteiger partial charge in [-0.25, -0.2) is 0 Å². The minimum atomic E-state index is 1.08. The highest BCUT2D eigenvalue weighted by Crippen LogP contribution is 2.28. The summed E-state index contributed by atoms with van der Waals surface area (Å²) in [5.74, 6) is 0. The fraction of sp³-hybridized carbons (Fsp3) is 0.250. The average molecular weight is 216 g/mol. The first-order valence-electron chi connectivity index (χ1n) is 5.14. The summed E-state index contributed by atoms with van der Waals surface area (Å²) in [6, 6.07) is 10.4. The first kappa shape index (κ1) is 9.07. The lowest BCUT2D eigenvalue weighted by molar-refractivity contribution is 0.563. The third-order valence-corrected chi connectivity index (χ3v) is 3.59. The van der Waals surface area contributed by atoms with Crippen molar-refractivity contribution in [2.45, 2.75) is 6.54 Å². The van der Waals surface area contributed by atoms with Crippen LogP contribution in [0.15, 0.2) is 36.5 Å². The van der Waals surface area contributed by atoms with E-state index in [-0.39, 0.29) is 0 Å². The molecule has 2 nitrogen and oxygen atoms in total. The zero-order valence-electron chi connectivity index (χ0n) is 8.39. The predicted octanol–water partition coefficient (Wildman–Crippen LogP) is 2.63. The van der Waals surface area contributed by atoms with E-state index in [0.717, 1.165) is 12.2 Å². The molecule has 2 aromatic rings. The molecule has 1 fully saturated rings. The van der Waals surface area contributed by atoms with Crippen LogP contribution in [-0.4, -0.2) is 23.0 Å². The zero-order valence-corrected chi connectivity index (χ0v) is 9.20. The third-order valence-electron chi connectivity index (χ3n) is 2.50. The van der Waals surface area contributed by atoms with Crippen molar-refractivity contribution < 1.29 is 0 Å². The topological polar surface area (TPSA) is 15.9 Å².